The van der Waals surface area contributed by atoms with Gasteiger partial charge in [-0.3, -0.25) is 0 Å². The van der Waals surface area contributed by atoms with E-state index in [-0.39, 0.29) is 32.7 Å². The minimum Gasteiger partial charge on any atom is -0.343 e. The van der Waals surface area contributed by atoms with E-state index in [9.17, 15) is 0 Å². The van der Waals surface area contributed by atoms with Crippen molar-refractivity contribution in [1.29, 1.82) is 0 Å². The zero-order valence-corrected chi connectivity index (χ0v) is 25.5. The number of hydrogen-bond acceptors (Lipinski definition) is 0. The Bertz CT molecular complexity index is 295. The molecule has 0 heterocycles. The molecular weight excluding hydrogens is 425 g/mol. The predicted molar refractivity (Wildman–Crippen MR) is 130 cm³/mol. The molecule has 0 atom stereocenters. The molecule has 0 nitrogen and oxygen atoms in total. The fourth-order valence-electron chi connectivity index (χ4n) is 5.59. The first-order valence-corrected chi connectivity index (χ1v) is 12.5. The maximum absolute atomic E-state index is 3.88. The molecule has 2 rings (SSSR count). The summed E-state index contributed by atoms with van der Waals surface area (Å²) in [6, 6.07) is 0. The van der Waals surface area contributed by atoms with E-state index < -0.39 is 0 Å². The van der Waals surface area contributed by atoms with Gasteiger partial charge in [-0.2, -0.15) is 6.42 Å². The Hall–Kier alpha value is 1.10. The van der Waals surface area contributed by atoms with Gasteiger partial charge in [0.1, 0.15) is 0 Å². The van der Waals surface area contributed by atoms with Gasteiger partial charge in [-0.1, -0.05) is 108 Å². The second-order valence-corrected chi connectivity index (χ2v) is 11.8. The molecule has 29 heavy (non-hydrogen) atoms. The summed E-state index contributed by atoms with van der Waals surface area (Å²) in [5.41, 5.74) is 0.481. The third kappa shape index (κ3) is 9.24. The van der Waals surface area contributed by atoms with Crippen molar-refractivity contribution in [2.75, 3.05) is 0 Å². The summed E-state index contributed by atoms with van der Waals surface area (Å²) >= 11 is 0. The second kappa shape index (κ2) is 14.3. The van der Waals surface area contributed by atoms with E-state index in [0.717, 1.165) is 65.6 Å². The molecule has 0 amide bonds. The van der Waals surface area contributed by atoms with Gasteiger partial charge < -0.3 is 6.92 Å². The maximum Gasteiger partial charge on any atom is 0 e. The van der Waals surface area contributed by atoms with Crippen molar-refractivity contribution in [1.82, 2.24) is 0 Å². The van der Waals surface area contributed by atoms with E-state index in [2.05, 4.69) is 96.9 Å². The predicted octanol–water partition coefficient (Wildman–Crippen LogP) is 9.40. The Balaban J connectivity index is 0. The van der Waals surface area contributed by atoms with Gasteiger partial charge in [0.2, 0.25) is 0 Å². The van der Waals surface area contributed by atoms with E-state index in [1.165, 1.54) is 12.8 Å². The summed E-state index contributed by atoms with van der Waals surface area (Å²) in [7, 11) is 0. The van der Waals surface area contributed by atoms with Crippen molar-refractivity contribution in [3.05, 3.63) is 6.92 Å². The molecule has 0 aromatic heterocycles. The SMILES string of the molecule is CC1C(C)C(C)C(C)C1C.CC1C(C)C(C)C(C)C1C.[CH2-]CC(C)(C)CCC.[Y]. The average molecular weight is 483 g/mol. The quantitative estimate of drug-likeness (QED) is 0.351. The Labute approximate surface area is 212 Å². The fourth-order valence-corrected chi connectivity index (χ4v) is 5.59. The van der Waals surface area contributed by atoms with Crippen LogP contribution in [0.5, 0.6) is 0 Å². The average Bonchev–Trinajstić information content (AvgIpc) is 2.93. The Kier molecular flexibility index (Phi) is 15.9. The Morgan fingerprint density at radius 2 is 0.690 bits per heavy atom. The maximum atomic E-state index is 3.88. The third-order valence-corrected chi connectivity index (χ3v) is 9.90. The van der Waals surface area contributed by atoms with Crippen molar-refractivity contribution >= 4 is 0 Å². The molecule has 173 valence electrons. The monoisotopic (exact) mass is 482 g/mol. The molecule has 2 aliphatic rings. The molecule has 0 aromatic carbocycles. The van der Waals surface area contributed by atoms with Crippen LogP contribution in [0, 0.1) is 71.5 Å². The van der Waals surface area contributed by atoms with Crippen LogP contribution < -0.4 is 0 Å². The van der Waals surface area contributed by atoms with Gasteiger partial charge >= 0.3 is 0 Å². The molecule has 2 saturated carbocycles. The van der Waals surface area contributed by atoms with Crippen LogP contribution in [0.15, 0.2) is 0 Å². The molecule has 0 bridgehead atoms. The summed E-state index contributed by atoms with van der Waals surface area (Å²) < 4.78 is 0. The van der Waals surface area contributed by atoms with Crippen molar-refractivity contribution in [3.63, 3.8) is 0 Å². The molecule has 0 saturated heterocycles. The molecule has 0 aliphatic heterocycles. The van der Waals surface area contributed by atoms with Crippen LogP contribution in [-0.4, -0.2) is 0 Å². The molecule has 0 spiro atoms. The van der Waals surface area contributed by atoms with E-state index in [4.69, 9.17) is 0 Å². The first kappa shape index (κ1) is 32.3. The zero-order valence-electron chi connectivity index (χ0n) is 22.7. The molecular formula is C28H57Y-. The Morgan fingerprint density at radius 3 is 0.759 bits per heavy atom. The van der Waals surface area contributed by atoms with Gasteiger partial charge in [-0.05, 0) is 59.2 Å². The second-order valence-electron chi connectivity index (χ2n) is 11.8. The molecule has 2 aliphatic carbocycles. The van der Waals surface area contributed by atoms with Crippen LogP contribution in [-0.2, 0) is 32.7 Å². The van der Waals surface area contributed by atoms with Gasteiger partial charge in [-0.25, -0.2) is 0 Å². The molecule has 1 radical (unpaired) electrons. The minimum absolute atomic E-state index is 0. The van der Waals surface area contributed by atoms with Crippen molar-refractivity contribution in [2.45, 2.75) is 109 Å². The smallest absolute Gasteiger partial charge is 0 e. The first-order chi connectivity index (χ1) is 12.7. The van der Waals surface area contributed by atoms with Crippen LogP contribution in [0.1, 0.15) is 109 Å². The van der Waals surface area contributed by atoms with Crippen LogP contribution >= 0.6 is 0 Å². The van der Waals surface area contributed by atoms with Gasteiger partial charge in [0, 0.05) is 32.7 Å². The van der Waals surface area contributed by atoms with Crippen LogP contribution in [0.3, 0.4) is 0 Å². The van der Waals surface area contributed by atoms with Crippen LogP contribution in [0.4, 0.5) is 0 Å². The van der Waals surface area contributed by atoms with Gasteiger partial charge in [0.25, 0.3) is 0 Å². The molecule has 0 N–H and O–H groups in total. The number of rotatable bonds is 3. The van der Waals surface area contributed by atoms with Crippen LogP contribution in [0.25, 0.3) is 0 Å². The van der Waals surface area contributed by atoms with E-state index in [1.807, 2.05) is 0 Å². The summed E-state index contributed by atoms with van der Waals surface area (Å²) in [6.07, 6.45) is 3.64. The normalized spacial score (nSPS) is 41.6. The Morgan fingerprint density at radius 1 is 0.517 bits per heavy atom. The third-order valence-electron chi connectivity index (χ3n) is 9.90. The fraction of sp³-hybridized carbons (Fsp3) is 0.964. The molecule has 0 aromatic rings. The summed E-state index contributed by atoms with van der Waals surface area (Å²) in [5.74, 6) is 9.35. The molecule has 0 unspecified atom stereocenters. The van der Waals surface area contributed by atoms with Crippen molar-refractivity contribution < 1.29 is 32.7 Å². The van der Waals surface area contributed by atoms with E-state index in [0.29, 0.717) is 5.41 Å². The van der Waals surface area contributed by atoms with Crippen LogP contribution in [0.2, 0.25) is 0 Å². The topological polar surface area (TPSA) is 0 Å². The molecule has 2 fully saturated rings. The largest absolute Gasteiger partial charge is 0.343 e. The van der Waals surface area contributed by atoms with E-state index >= 15 is 0 Å². The zero-order chi connectivity index (χ0) is 22.4. The number of hydrogen-bond donors (Lipinski definition) is 0. The molecule has 1 heteroatoms. The standard InChI is InChI=1S/2C10H20.C8H17.Y/c2*1-6-7(2)9(4)10(5)8(6)3;1-5-7-8(3,4)6-2;/h2*6-10H,1-5H3;2,5-7H2,1,3-4H3;/q;;-1;. The van der Waals surface area contributed by atoms with Gasteiger partial charge in [-0.15, -0.1) is 0 Å². The summed E-state index contributed by atoms with van der Waals surface area (Å²) in [5, 5.41) is 0. The minimum atomic E-state index is 0. The summed E-state index contributed by atoms with van der Waals surface area (Å²) in [6.45, 7) is 34.6. The van der Waals surface area contributed by atoms with Gasteiger partial charge in [0.05, 0.1) is 0 Å². The summed E-state index contributed by atoms with van der Waals surface area (Å²) in [4.78, 5) is 0. The van der Waals surface area contributed by atoms with E-state index in [1.54, 1.807) is 0 Å². The van der Waals surface area contributed by atoms with Crippen molar-refractivity contribution in [2.24, 2.45) is 64.6 Å². The van der Waals surface area contributed by atoms with Crippen molar-refractivity contribution in [3.8, 4) is 0 Å². The van der Waals surface area contributed by atoms with Gasteiger partial charge in [0.15, 0.2) is 0 Å². The first-order valence-electron chi connectivity index (χ1n) is 12.5.